The second kappa shape index (κ2) is 12.1. The lowest BCUT2D eigenvalue weighted by Crippen LogP contribution is -2.31. The molecule has 1 heterocycles. The third-order valence-corrected chi connectivity index (χ3v) is 5.04. The third-order valence-electron chi connectivity index (χ3n) is 4.85. The molecular weight excluding hydrogens is 568 g/mol. The maximum atomic E-state index is 13.7. The minimum atomic E-state index is -4.86. The number of rotatable bonds is 8. The molecule has 1 unspecified atom stereocenters. The van der Waals surface area contributed by atoms with E-state index in [1.54, 1.807) is 0 Å². The number of hydrogen-bond donors (Lipinski definition) is 1. The highest BCUT2D eigenvalue weighted by atomic mass is 35.5. The van der Waals surface area contributed by atoms with Crippen LogP contribution < -0.4 is 10.1 Å². The summed E-state index contributed by atoms with van der Waals surface area (Å²) in [6.45, 7) is 4.30. The van der Waals surface area contributed by atoms with Crippen LogP contribution in [0.15, 0.2) is 64.8 Å². The van der Waals surface area contributed by atoms with E-state index in [4.69, 9.17) is 16.3 Å². The number of carbonyl (C=O) groups is 1. The number of esters is 1. The summed E-state index contributed by atoms with van der Waals surface area (Å²) in [5, 5.41) is 10.5. The van der Waals surface area contributed by atoms with Crippen molar-refractivity contribution in [2.24, 2.45) is 15.6 Å². The first kappa shape index (κ1) is 30.6. The Kier molecular flexibility index (Phi) is 9.23. The molecule has 1 aromatic heterocycles. The van der Waals surface area contributed by atoms with E-state index in [-0.39, 0.29) is 40.5 Å². The van der Waals surface area contributed by atoms with Crippen molar-refractivity contribution in [2.45, 2.75) is 46.0 Å². The zero-order chi connectivity index (χ0) is 29.7. The zero-order valence-corrected chi connectivity index (χ0v) is 21.9. The fraction of sp³-hybridized carbons (Fsp3) is 0.320. The summed E-state index contributed by atoms with van der Waals surface area (Å²) in [7, 11) is 0. The smallest absolute Gasteiger partial charge is 0.447 e. The van der Waals surface area contributed by atoms with E-state index in [0.717, 1.165) is 18.2 Å². The molecule has 3 rings (SSSR count). The molecule has 0 saturated heterocycles. The summed E-state index contributed by atoms with van der Waals surface area (Å²) >= 11 is 6.02. The average Bonchev–Trinajstić information content (AvgIpc) is 2.81. The Labute approximate surface area is 229 Å². The van der Waals surface area contributed by atoms with Crippen molar-refractivity contribution in [2.75, 3.05) is 5.32 Å². The van der Waals surface area contributed by atoms with Gasteiger partial charge in [0.2, 0.25) is 6.10 Å². The van der Waals surface area contributed by atoms with Crippen LogP contribution in [0.2, 0.25) is 5.15 Å². The van der Waals surface area contributed by atoms with Crippen molar-refractivity contribution in [1.29, 1.82) is 0 Å². The monoisotopic (exact) mass is 589 g/mol. The molecule has 15 heteroatoms. The van der Waals surface area contributed by atoms with Crippen LogP contribution in [0.3, 0.4) is 0 Å². The number of carbonyl (C=O) groups excluding carboxylic acids is 1. The third kappa shape index (κ3) is 9.36. The molecule has 0 saturated carbocycles. The van der Waals surface area contributed by atoms with Crippen molar-refractivity contribution in [1.82, 2.24) is 9.97 Å². The predicted octanol–water partition coefficient (Wildman–Crippen LogP) is 8.25. The second-order valence-electron chi connectivity index (χ2n) is 9.29. The predicted molar refractivity (Wildman–Crippen MR) is 132 cm³/mol. The van der Waals surface area contributed by atoms with Crippen molar-refractivity contribution in [3.8, 4) is 5.75 Å². The first-order chi connectivity index (χ1) is 18.5. The summed E-state index contributed by atoms with van der Waals surface area (Å²) in [5.74, 6) is -1.51. The standard InChI is InChI=1S/C25H22ClF6N5O3/c1-23(2,3)21(38)39-20(24(27,28)29)15-5-4-6-16(11-15)34-19-12-18(26)35-22(36-19)37-33-13-14-7-9-17(10-8-14)40-25(30,31)32/h4-12,20H,13H2,1-3H3,(H,34,35,36). The summed E-state index contributed by atoms with van der Waals surface area (Å²) in [6.07, 6.45) is -12.2. The molecule has 0 aliphatic carbocycles. The maximum absolute atomic E-state index is 13.7. The number of ether oxygens (including phenoxy) is 2. The van der Waals surface area contributed by atoms with Gasteiger partial charge in [-0.15, -0.1) is 18.3 Å². The first-order valence-electron chi connectivity index (χ1n) is 11.4. The molecule has 0 spiro atoms. The summed E-state index contributed by atoms with van der Waals surface area (Å²) in [5.41, 5.74) is -0.770. The van der Waals surface area contributed by atoms with Gasteiger partial charge in [-0.3, -0.25) is 4.79 Å². The van der Waals surface area contributed by atoms with E-state index in [0.29, 0.717) is 5.56 Å². The minimum Gasteiger partial charge on any atom is -0.447 e. The average molecular weight is 590 g/mol. The molecule has 214 valence electrons. The molecule has 3 aromatic rings. The normalized spacial score (nSPS) is 13.2. The SMILES string of the molecule is CC(C)(C)C(=O)OC(c1cccc(Nc2cc(Cl)nc(N=NCc3ccc(OC(F)(F)F)cc3)n2)c1)C(F)(F)F. The van der Waals surface area contributed by atoms with Gasteiger partial charge < -0.3 is 14.8 Å². The number of anilines is 2. The van der Waals surface area contributed by atoms with E-state index in [2.05, 4.69) is 30.3 Å². The number of benzene rings is 2. The quantitative estimate of drug-likeness (QED) is 0.123. The molecule has 40 heavy (non-hydrogen) atoms. The molecule has 1 atom stereocenters. The lowest BCUT2D eigenvalue weighted by atomic mass is 9.97. The number of aromatic nitrogens is 2. The number of halogens is 7. The summed E-state index contributed by atoms with van der Waals surface area (Å²) < 4.78 is 86.6. The van der Waals surface area contributed by atoms with Crippen LogP contribution in [-0.4, -0.2) is 28.5 Å². The number of hydrogen-bond acceptors (Lipinski definition) is 8. The van der Waals surface area contributed by atoms with Crippen LogP contribution in [-0.2, 0) is 16.1 Å². The number of nitrogens with zero attached hydrogens (tertiary/aromatic N) is 4. The highest BCUT2D eigenvalue weighted by Gasteiger charge is 2.45. The maximum Gasteiger partial charge on any atom is 0.573 e. The summed E-state index contributed by atoms with van der Waals surface area (Å²) in [4.78, 5) is 20.1. The van der Waals surface area contributed by atoms with Crippen LogP contribution >= 0.6 is 11.6 Å². The van der Waals surface area contributed by atoms with Gasteiger partial charge in [-0.05, 0) is 50.6 Å². The lowest BCUT2D eigenvalue weighted by molar-refractivity contribution is -0.274. The Morgan fingerprint density at radius 3 is 2.27 bits per heavy atom. The molecule has 0 radical (unpaired) electrons. The van der Waals surface area contributed by atoms with E-state index in [1.807, 2.05) is 0 Å². The van der Waals surface area contributed by atoms with E-state index in [1.165, 1.54) is 57.2 Å². The molecule has 0 bridgehead atoms. The van der Waals surface area contributed by atoms with Crippen LogP contribution in [0.1, 0.15) is 38.0 Å². The Morgan fingerprint density at radius 2 is 1.68 bits per heavy atom. The van der Waals surface area contributed by atoms with Gasteiger partial charge in [0, 0.05) is 17.3 Å². The van der Waals surface area contributed by atoms with Gasteiger partial charge >= 0.3 is 18.5 Å². The molecule has 1 N–H and O–H groups in total. The Bertz CT molecular complexity index is 1360. The fourth-order valence-electron chi connectivity index (χ4n) is 3.03. The van der Waals surface area contributed by atoms with Crippen LogP contribution in [0.4, 0.5) is 43.8 Å². The van der Waals surface area contributed by atoms with Gasteiger partial charge in [-0.25, -0.2) is 0 Å². The Hall–Kier alpha value is -3.94. The van der Waals surface area contributed by atoms with Crippen molar-refractivity contribution in [3.05, 3.63) is 70.9 Å². The number of azo groups is 1. The van der Waals surface area contributed by atoms with Crippen molar-refractivity contribution >= 4 is 35.0 Å². The molecule has 2 aromatic carbocycles. The Morgan fingerprint density at radius 1 is 1.00 bits per heavy atom. The van der Waals surface area contributed by atoms with Gasteiger partial charge in [0.1, 0.15) is 16.7 Å². The molecule has 8 nitrogen and oxygen atoms in total. The zero-order valence-electron chi connectivity index (χ0n) is 21.1. The number of nitrogens with one attached hydrogen (secondary N) is 1. The second-order valence-corrected chi connectivity index (χ2v) is 9.68. The number of alkyl halides is 6. The van der Waals surface area contributed by atoms with Crippen LogP contribution in [0.5, 0.6) is 5.75 Å². The molecule has 0 aliphatic heterocycles. The van der Waals surface area contributed by atoms with Gasteiger partial charge in [-0.2, -0.15) is 28.3 Å². The topological polar surface area (TPSA) is 98.1 Å². The molecule has 0 aliphatic rings. The van der Waals surface area contributed by atoms with Gasteiger partial charge in [0.25, 0.3) is 5.95 Å². The Balaban J connectivity index is 1.74. The van der Waals surface area contributed by atoms with E-state index < -0.39 is 30.0 Å². The van der Waals surface area contributed by atoms with Gasteiger partial charge in [0.05, 0.1) is 12.0 Å². The lowest BCUT2D eigenvalue weighted by Gasteiger charge is -2.25. The van der Waals surface area contributed by atoms with Crippen molar-refractivity contribution < 1.29 is 40.6 Å². The highest BCUT2D eigenvalue weighted by Crippen LogP contribution is 2.38. The molecule has 0 fully saturated rings. The van der Waals surface area contributed by atoms with Crippen molar-refractivity contribution in [3.63, 3.8) is 0 Å². The molecular formula is C25H22ClF6N5O3. The van der Waals surface area contributed by atoms with Crippen LogP contribution in [0.25, 0.3) is 0 Å². The minimum absolute atomic E-state index is 0.0287. The highest BCUT2D eigenvalue weighted by molar-refractivity contribution is 6.29. The van der Waals surface area contributed by atoms with E-state index >= 15 is 0 Å². The van der Waals surface area contributed by atoms with Gasteiger partial charge in [-0.1, -0.05) is 35.9 Å². The first-order valence-corrected chi connectivity index (χ1v) is 11.8. The fourth-order valence-corrected chi connectivity index (χ4v) is 3.21. The van der Waals surface area contributed by atoms with E-state index in [9.17, 15) is 31.1 Å². The molecule has 0 amide bonds. The van der Waals surface area contributed by atoms with Crippen LogP contribution in [0, 0.1) is 5.41 Å². The summed E-state index contributed by atoms with van der Waals surface area (Å²) in [6, 6.07) is 11.4. The van der Waals surface area contributed by atoms with Gasteiger partial charge in [0.15, 0.2) is 0 Å². The largest absolute Gasteiger partial charge is 0.573 e.